The van der Waals surface area contributed by atoms with Crippen molar-refractivity contribution in [3.63, 3.8) is 0 Å². The molecule has 0 saturated carbocycles. The Kier molecular flexibility index (Phi) is 5.53. The highest BCUT2D eigenvalue weighted by Crippen LogP contribution is 2.23. The molecule has 0 saturated heterocycles. The number of halogens is 1. The summed E-state index contributed by atoms with van der Waals surface area (Å²) in [6.45, 7) is 1.13. The minimum Gasteiger partial charge on any atom is -0.383 e. The topological polar surface area (TPSA) is 80.0 Å². The van der Waals surface area contributed by atoms with Crippen molar-refractivity contribution in [3.05, 3.63) is 75.1 Å². The van der Waals surface area contributed by atoms with Crippen molar-refractivity contribution in [2.24, 2.45) is 0 Å². The van der Waals surface area contributed by atoms with E-state index in [4.69, 9.17) is 17.3 Å². The van der Waals surface area contributed by atoms with Crippen molar-refractivity contribution in [2.45, 2.75) is 13.1 Å². The van der Waals surface area contributed by atoms with Crippen molar-refractivity contribution in [1.82, 2.24) is 10.3 Å². The second-order valence-electron chi connectivity index (χ2n) is 5.32. The number of hydrogen-bond acceptors (Lipinski definition) is 5. The molecule has 0 unspecified atom stereocenters. The molecule has 2 heterocycles. The summed E-state index contributed by atoms with van der Waals surface area (Å²) in [5, 5.41) is 6.86. The maximum atomic E-state index is 12.1. The van der Waals surface area contributed by atoms with Crippen LogP contribution in [0.1, 0.15) is 20.1 Å². The molecule has 2 aromatic heterocycles. The molecule has 1 amide bonds. The minimum atomic E-state index is -0.227. The van der Waals surface area contributed by atoms with Crippen molar-refractivity contribution in [3.8, 4) is 0 Å². The predicted molar refractivity (Wildman–Crippen MR) is 103 cm³/mol. The van der Waals surface area contributed by atoms with Crippen LogP contribution in [0.4, 0.5) is 11.5 Å². The van der Waals surface area contributed by atoms with Crippen LogP contribution >= 0.6 is 22.9 Å². The van der Waals surface area contributed by atoms with Crippen LogP contribution in [0.2, 0.25) is 5.02 Å². The first-order valence-electron chi connectivity index (χ1n) is 7.68. The van der Waals surface area contributed by atoms with Gasteiger partial charge in [-0.25, -0.2) is 4.98 Å². The summed E-state index contributed by atoms with van der Waals surface area (Å²) in [4.78, 5) is 18.3. The third-order valence-corrected chi connectivity index (χ3v) is 4.97. The number of nitrogens with zero attached hydrogens (tertiary/aromatic N) is 1. The molecule has 0 aliphatic heterocycles. The van der Waals surface area contributed by atoms with Gasteiger partial charge in [-0.1, -0.05) is 23.7 Å². The SMILES string of the molecule is Nc1ncccc1C(=O)NCc1ccc(CNc2ccccc2Cl)s1. The zero-order chi connectivity index (χ0) is 17.6. The van der Waals surface area contributed by atoms with E-state index in [0.29, 0.717) is 23.7 Å². The van der Waals surface area contributed by atoms with Crippen LogP contribution in [-0.4, -0.2) is 10.9 Å². The number of benzene rings is 1. The van der Waals surface area contributed by atoms with Gasteiger partial charge in [0, 0.05) is 22.5 Å². The van der Waals surface area contributed by atoms with Gasteiger partial charge in [0.05, 0.1) is 22.8 Å². The maximum absolute atomic E-state index is 12.1. The number of nitrogens with one attached hydrogen (secondary N) is 2. The van der Waals surface area contributed by atoms with E-state index in [0.717, 1.165) is 15.4 Å². The molecule has 3 aromatic rings. The van der Waals surface area contributed by atoms with Gasteiger partial charge in [0.2, 0.25) is 0 Å². The Bertz CT molecular complexity index is 881. The third kappa shape index (κ3) is 4.49. The van der Waals surface area contributed by atoms with Gasteiger partial charge in [-0.3, -0.25) is 4.79 Å². The van der Waals surface area contributed by atoms with Gasteiger partial charge < -0.3 is 16.4 Å². The maximum Gasteiger partial charge on any atom is 0.255 e. The molecular formula is C18H17ClN4OS. The molecule has 0 atom stereocenters. The van der Waals surface area contributed by atoms with Crippen LogP contribution in [0.25, 0.3) is 0 Å². The summed E-state index contributed by atoms with van der Waals surface area (Å²) in [5.41, 5.74) is 7.00. The predicted octanol–water partition coefficient (Wildman–Crippen LogP) is 3.92. The van der Waals surface area contributed by atoms with E-state index < -0.39 is 0 Å². The van der Waals surface area contributed by atoms with Gasteiger partial charge in [-0.05, 0) is 36.4 Å². The molecule has 0 aliphatic rings. The number of carbonyl (C=O) groups is 1. The lowest BCUT2D eigenvalue weighted by molar-refractivity contribution is 0.0952. The number of rotatable bonds is 6. The van der Waals surface area contributed by atoms with Crippen LogP contribution in [0.5, 0.6) is 0 Å². The second-order valence-corrected chi connectivity index (χ2v) is 6.98. The summed E-state index contributed by atoms with van der Waals surface area (Å²) in [7, 11) is 0. The Morgan fingerprint density at radius 2 is 1.84 bits per heavy atom. The average Bonchev–Trinajstić information content (AvgIpc) is 3.07. The van der Waals surface area contributed by atoms with Gasteiger partial charge >= 0.3 is 0 Å². The number of aromatic nitrogens is 1. The van der Waals surface area contributed by atoms with E-state index in [-0.39, 0.29) is 11.7 Å². The van der Waals surface area contributed by atoms with Crippen LogP contribution in [0.3, 0.4) is 0 Å². The highest BCUT2D eigenvalue weighted by Gasteiger charge is 2.10. The van der Waals surface area contributed by atoms with E-state index in [2.05, 4.69) is 15.6 Å². The zero-order valence-corrected chi connectivity index (χ0v) is 14.9. The van der Waals surface area contributed by atoms with Crippen LogP contribution in [0, 0.1) is 0 Å². The molecule has 7 heteroatoms. The van der Waals surface area contributed by atoms with Gasteiger partial charge in [0.1, 0.15) is 5.82 Å². The Labute approximate surface area is 154 Å². The highest BCUT2D eigenvalue weighted by atomic mass is 35.5. The molecular weight excluding hydrogens is 356 g/mol. The van der Waals surface area contributed by atoms with Gasteiger partial charge in [0.15, 0.2) is 0 Å². The Morgan fingerprint density at radius 1 is 1.08 bits per heavy atom. The van der Waals surface area contributed by atoms with Crippen molar-refractivity contribution < 1.29 is 4.79 Å². The molecule has 0 bridgehead atoms. The summed E-state index contributed by atoms with van der Waals surface area (Å²) in [6, 6.07) is 15.0. The molecule has 128 valence electrons. The van der Waals surface area contributed by atoms with Gasteiger partial charge in [-0.15, -0.1) is 11.3 Å². The van der Waals surface area contributed by atoms with Crippen LogP contribution in [0.15, 0.2) is 54.7 Å². The lowest BCUT2D eigenvalue weighted by Gasteiger charge is -2.06. The minimum absolute atomic E-state index is 0.227. The lowest BCUT2D eigenvalue weighted by atomic mass is 10.2. The Balaban J connectivity index is 1.54. The number of hydrogen-bond donors (Lipinski definition) is 3. The largest absolute Gasteiger partial charge is 0.383 e. The third-order valence-electron chi connectivity index (χ3n) is 3.55. The summed E-state index contributed by atoms with van der Waals surface area (Å²) < 4.78 is 0. The first-order chi connectivity index (χ1) is 12.1. The Morgan fingerprint density at radius 3 is 2.60 bits per heavy atom. The first-order valence-corrected chi connectivity index (χ1v) is 8.87. The smallest absolute Gasteiger partial charge is 0.255 e. The van der Waals surface area contributed by atoms with Crippen LogP contribution < -0.4 is 16.4 Å². The van der Waals surface area contributed by atoms with E-state index >= 15 is 0 Å². The first kappa shape index (κ1) is 17.3. The lowest BCUT2D eigenvalue weighted by Crippen LogP contribution is -2.23. The summed E-state index contributed by atoms with van der Waals surface area (Å²) in [6.07, 6.45) is 1.56. The fourth-order valence-electron chi connectivity index (χ4n) is 2.27. The molecule has 25 heavy (non-hydrogen) atoms. The molecule has 1 aromatic carbocycles. The molecule has 0 spiro atoms. The normalized spacial score (nSPS) is 10.4. The van der Waals surface area contributed by atoms with Crippen molar-refractivity contribution in [2.75, 3.05) is 11.1 Å². The van der Waals surface area contributed by atoms with Gasteiger partial charge in [0.25, 0.3) is 5.91 Å². The number of anilines is 2. The quantitative estimate of drug-likeness (QED) is 0.612. The van der Waals surface area contributed by atoms with Crippen molar-refractivity contribution in [1.29, 1.82) is 0 Å². The number of para-hydroxylation sites is 1. The molecule has 0 radical (unpaired) electrons. The molecule has 0 fully saturated rings. The van der Waals surface area contributed by atoms with E-state index in [1.165, 1.54) is 0 Å². The standard InChI is InChI=1S/C18H17ClN4OS/c19-15-5-1-2-6-16(15)22-10-12-7-8-13(25-12)11-23-18(24)14-4-3-9-21-17(14)20/h1-9,22H,10-11H2,(H2,20,21)(H,23,24). The van der Waals surface area contributed by atoms with E-state index in [9.17, 15) is 4.79 Å². The monoisotopic (exact) mass is 372 g/mol. The molecule has 4 N–H and O–H groups in total. The zero-order valence-electron chi connectivity index (χ0n) is 13.3. The number of pyridine rings is 1. The number of thiophene rings is 1. The number of nitrogen functional groups attached to an aromatic ring is 1. The number of carbonyl (C=O) groups excluding carboxylic acids is 1. The molecule has 3 rings (SSSR count). The fourth-order valence-corrected chi connectivity index (χ4v) is 3.37. The molecule has 5 nitrogen and oxygen atoms in total. The number of amides is 1. The van der Waals surface area contributed by atoms with Crippen molar-refractivity contribution >= 4 is 40.4 Å². The summed E-state index contributed by atoms with van der Waals surface area (Å²) >= 11 is 7.76. The van der Waals surface area contributed by atoms with Crippen LogP contribution in [-0.2, 0) is 13.1 Å². The highest BCUT2D eigenvalue weighted by molar-refractivity contribution is 7.12. The second kappa shape index (κ2) is 8.00. The molecule has 0 aliphatic carbocycles. The fraction of sp³-hybridized carbons (Fsp3) is 0.111. The summed E-state index contributed by atoms with van der Waals surface area (Å²) in [5.74, 6) is 0.00514. The average molecular weight is 373 g/mol. The van der Waals surface area contributed by atoms with E-state index in [1.54, 1.807) is 29.7 Å². The number of nitrogens with two attached hydrogens (primary N) is 1. The van der Waals surface area contributed by atoms with E-state index in [1.807, 2.05) is 36.4 Å². The Hall–Kier alpha value is -2.57. The van der Waals surface area contributed by atoms with Gasteiger partial charge in [-0.2, -0.15) is 0 Å².